The van der Waals surface area contributed by atoms with Crippen LogP contribution in [-0.2, 0) is 4.79 Å². The van der Waals surface area contributed by atoms with E-state index in [9.17, 15) is 22.8 Å². The summed E-state index contributed by atoms with van der Waals surface area (Å²) in [6.07, 6.45) is -4.40. The van der Waals surface area contributed by atoms with E-state index >= 15 is 0 Å². The SMILES string of the molecule is CN1CC[C@](CC#Cc2cc(-c3cccc(OC(F)(F)F)c3)ccn2)(NC(=O)O)C1=O. The van der Waals surface area contributed by atoms with Crippen molar-refractivity contribution in [3.05, 3.63) is 48.3 Å². The van der Waals surface area contributed by atoms with Gasteiger partial charge in [-0.1, -0.05) is 18.1 Å². The number of alkyl halides is 3. The van der Waals surface area contributed by atoms with Crippen molar-refractivity contribution >= 4 is 12.0 Å². The van der Waals surface area contributed by atoms with Crippen molar-refractivity contribution in [2.24, 2.45) is 0 Å². The summed E-state index contributed by atoms with van der Waals surface area (Å²) in [7, 11) is 1.59. The third kappa shape index (κ3) is 5.45. The average Bonchev–Trinajstić information content (AvgIpc) is 2.95. The lowest BCUT2D eigenvalue weighted by Gasteiger charge is -2.24. The van der Waals surface area contributed by atoms with Crippen molar-refractivity contribution in [1.29, 1.82) is 0 Å². The number of nitrogens with one attached hydrogen (secondary N) is 1. The fraction of sp³-hybridized carbons (Fsp3) is 0.286. The minimum absolute atomic E-state index is 0.0384. The molecule has 1 atom stereocenters. The molecule has 31 heavy (non-hydrogen) atoms. The lowest BCUT2D eigenvalue weighted by molar-refractivity contribution is -0.274. The number of likely N-dealkylation sites (N-methyl/N-ethyl adjacent to an activating group) is 1. The van der Waals surface area contributed by atoms with Crippen LogP contribution in [0, 0.1) is 11.8 Å². The lowest BCUT2D eigenvalue weighted by atomic mass is 9.93. The van der Waals surface area contributed by atoms with E-state index in [0.717, 1.165) is 0 Å². The van der Waals surface area contributed by atoms with Crippen molar-refractivity contribution in [1.82, 2.24) is 15.2 Å². The Morgan fingerprint density at radius 2 is 2.06 bits per heavy atom. The van der Waals surface area contributed by atoms with Crippen LogP contribution in [-0.4, -0.2) is 52.5 Å². The first-order valence-corrected chi connectivity index (χ1v) is 9.16. The summed E-state index contributed by atoms with van der Waals surface area (Å²) in [5.74, 6) is 4.89. The molecular formula is C21H18F3N3O4. The van der Waals surface area contributed by atoms with Crippen LogP contribution in [0.5, 0.6) is 5.75 Å². The maximum absolute atomic E-state index is 12.4. The highest BCUT2D eigenvalue weighted by atomic mass is 19.4. The lowest BCUT2D eigenvalue weighted by Crippen LogP contribution is -2.53. The molecule has 1 aromatic carbocycles. The summed E-state index contributed by atoms with van der Waals surface area (Å²) >= 11 is 0. The molecule has 0 unspecified atom stereocenters. The zero-order valence-electron chi connectivity index (χ0n) is 16.4. The predicted molar refractivity (Wildman–Crippen MR) is 104 cm³/mol. The van der Waals surface area contributed by atoms with Gasteiger partial charge in [-0.25, -0.2) is 9.78 Å². The quantitative estimate of drug-likeness (QED) is 0.723. The van der Waals surface area contributed by atoms with Crippen molar-refractivity contribution in [2.75, 3.05) is 13.6 Å². The zero-order chi connectivity index (χ0) is 22.6. The number of halogens is 3. The summed E-state index contributed by atoms with van der Waals surface area (Å²) in [5.41, 5.74) is 0.0590. The summed E-state index contributed by atoms with van der Waals surface area (Å²) in [6.45, 7) is 0.408. The number of pyridine rings is 1. The monoisotopic (exact) mass is 433 g/mol. The van der Waals surface area contributed by atoms with Gasteiger partial charge in [-0.3, -0.25) is 4.79 Å². The first-order valence-electron chi connectivity index (χ1n) is 9.16. The largest absolute Gasteiger partial charge is 0.573 e. The molecule has 0 aliphatic carbocycles. The number of likely N-dealkylation sites (tertiary alicyclic amines) is 1. The Balaban J connectivity index is 1.81. The minimum Gasteiger partial charge on any atom is -0.465 e. The smallest absolute Gasteiger partial charge is 0.465 e. The maximum atomic E-state index is 12.4. The molecule has 2 aromatic rings. The summed E-state index contributed by atoms with van der Waals surface area (Å²) in [5, 5.41) is 11.4. The van der Waals surface area contributed by atoms with Crippen LogP contribution < -0.4 is 10.1 Å². The number of carbonyl (C=O) groups is 2. The molecule has 3 rings (SSSR count). The number of amides is 2. The predicted octanol–water partition coefficient (Wildman–Crippen LogP) is 3.26. The fourth-order valence-corrected chi connectivity index (χ4v) is 3.30. The molecule has 2 amide bonds. The van der Waals surface area contributed by atoms with Gasteiger partial charge in [0, 0.05) is 26.2 Å². The molecule has 0 saturated carbocycles. The second-order valence-corrected chi connectivity index (χ2v) is 6.97. The van der Waals surface area contributed by atoms with Crippen LogP contribution in [0.15, 0.2) is 42.6 Å². The highest BCUT2D eigenvalue weighted by Crippen LogP contribution is 2.28. The van der Waals surface area contributed by atoms with Crippen molar-refractivity contribution in [3.8, 4) is 28.7 Å². The van der Waals surface area contributed by atoms with E-state index in [2.05, 4.69) is 26.9 Å². The maximum Gasteiger partial charge on any atom is 0.573 e. The second kappa shape index (κ2) is 8.55. The molecule has 7 nitrogen and oxygen atoms in total. The number of hydrogen-bond acceptors (Lipinski definition) is 4. The number of hydrogen-bond donors (Lipinski definition) is 2. The second-order valence-electron chi connectivity index (χ2n) is 6.97. The molecule has 1 aliphatic rings. The molecule has 10 heteroatoms. The van der Waals surface area contributed by atoms with Crippen LogP contribution in [0.4, 0.5) is 18.0 Å². The highest BCUT2D eigenvalue weighted by molar-refractivity contribution is 5.91. The average molecular weight is 433 g/mol. The topological polar surface area (TPSA) is 91.8 Å². The molecule has 0 spiro atoms. The highest BCUT2D eigenvalue weighted by Gasteiger charge is 2.46. The molecule has 2 heterocycles. The zero-order valence-corrected chi connectivity index (χ0v) is 16.4. The first-order chi connectivity index (χ1) is 14.6. The van der Waals surface area contributed by atoms with Crippen LogP contribution in [0.3, 0.4) is 0 Å². The van der Waals surface area contributed by atoms with Crippen LogP contribution >= 0.6 is 0 Å². The van der Waals surface area contributed by atoms with E-state index in [1.54, 1.807) is 25.2 Å². The van der Waals surface area contributed by atoms with E-state index in [-0.39, 0.29) is 18.1 Å². The van der Waals surface area contributed by atoms with Crippen LogP contribution in [0.1, 0.15) is 18.5 Å². The normalized spacial score (nSPS) is 18.3. The van der Waals surface area contributed by atoms with E-state index in [0.29, 0.717) is 29.8 Å². The molecule has 162 valence electrons. The van der Waals surface area contributed by atoms with Gasteiger partial charge in [0.2, 0.25) is 5.91 Å². The molecule has 2 N–H and O–H groups in total. The minimum atomic E-state index is -4.79. The third-order valence-electron chi connectivity index (χ3n) is 4.74. The standard InChI is InChI=1S/C21H18F3N3O4/c1-27-11-9-20(18(27)28,26-19(29)30)8-3-5-16-12-15(7-10-25-16)14-4-2-6-17(13-14)31-21(22,23)24/h2,4,6-7,10,12-13,26H,8-9,11H2,1H3,(H,29,30)/t20-/m0/s1. The summed E-state index contributed by atoms with van der Waals surface area (Å²) < 4.78 is 41.3. The van der Waals surface area contributed by atoms with Crippen molar-refractivity contribution in [2.45, 2.75) is 24.7 Å². The Morgan fingerprint density at radius 3 is 2.71 bits per heavy atom. The van der Waals surface area contributed by atoms with Gasteiger partial charge in [0.1, 0.15) is 17.0 Å². The Labute approximate surface area is 175 Å². The van der Waals surface area contributed by atoms with E-state index in [1.807, 2.05) is 0 Å². The number of carbonyl (C=O) groups excluding carboxylic acids is 1. The molecule has 1 aromatic heterocycles. The Bertz CT molecular complexity index is 1060. The van der Waals surface area contributed by atoms with Gasteiger partial charge < -0.3 is 20.1 Å². The van der Waals surface area contributed by atoms with Gasteiger partial charge >= 0.3 is 12.5 Å². The summed E-state index contributed by atoms with van der Waals surface area (Å²) in [6, 6.07) is 8.70. The number of aromatic nitrogens is 1. The molecule has 1 fully saturated rings. The Hall–Kier alpha value is -3.74. The molecule has 0 radical (unpaired) electrons. The van der Waals surface area contributed by atoms with Gasteiger partial charge in [0.25, 0.3) is 0 Å². The molecular weight excluding hydrogens is 415 g/mol. The molecule has 0 bridgehead atoms. The van der Waals surface area contributed by atoms with E-state index in [1.165, 1.54) is 29.3 Å². The first kappa shape index (κ1) is 22.0. The van der Waals surface area contributed by atoms with Crippen molar-refractivity contribution in [3.63, 3.8) is 0 Å². The number of ether oxygens (including phenoxy) is 1. The van der Waals surface area contributed by atoms with Gasteiger partial charge in [0.05, 0.1) is 0 Å². The van der Waals surface area contributed by atoms with Gasteiger partial charge in [-0.05, 0) is 47.7 Å². The van der Waals surface area contributed by atoms with E-state index < -0.39 is 18.0 Å². The third-order valence-corrected chi connectivity index (χ3v) is 4.74. The molecule has 1 aliphatic heterocycles. The van der Waals surface area contributed by atoms with Crippen molar-refractivity contribution < 1.29 is 32.6 Å². The van der Waals surface area contributed by atoms with Crippen LogP contribution in [0.2, 0.25) is 0 Å². The number of rotatable bonds is 4. The summed E-state index contributed by atoms with van der Waals surface area (Å²) in [4.78, 5) is 29.1. The Kier molecular flexibility index (Phi) is 6.06. The number of nitrogens with zero attached hydrogens (tertiary/aromatic N) is 2. The van der Waals surface area contributed by atoms with Crippen LogP contribution in [0.25, 0.3) is 11.1 Å². The number of carboxylic acid groups (broad SMARTS) is 1. The fourth-order valence-electron chi connectivity index (χ4n) is 3.30. The Morgan fingerprint density at radius 1 is 1.32 bits per heavy atom. The van der Waals surface area contributed by atoms with Gasteiger partial charge in [0.15, 0.2) is 0 Å². The molecule has 1 saturated heterocycles. The van der Waals surface area contributed by atoms with Gasteiger partial charge in [-0.15, -0.1) is 13.2 Å². The number of benzene rings is 1. The van der Waals surface area contributed by atoms with E-state index in [4.69, 9.17) is 5.11 Å². The van der Waals surface area contributed by atoms with Gasteiger partial charge in [-0.2, -0.15) is 0 Å².